The van der Waals surface area contributed by atoms with Crippen LogP contribution in [-0.2, 0) is 0 Å². The number of primary amides is 1. The summed E-state index contributed by atoms with van der Waals surface area (Å²) >= 11 is 0. The summed E-state index contributed by atoms with van der Waals surface area (Å²) in [7, 11) is 0. The molecule has 9 heavy (non-hydrogen) atoms. The lowest BCUT2D eigenvalue weighted by Gasteiger charge is -2.05. The molecule has 3 heteroatoms. The van der Waals surface area contributed by atoms with Crippen LogP contribution in [0.2, 0.25) is 0 Å². The number of carbonyl (C=O) groups is 1. The lowest BCUT2D eigenvalue weighted by atomic mass is 10.2. The fourth-order valence-corrected chi connectivity index (χ4v) is 0.433. The Balaban J connectivity index is 3.60. The Labute approximate surface area is 54.6 Å². The smallest absolute Gasteiger partial charge is 0.313 e. The lowest BCUT2D eigenvalue weighted by Crippen LogP contribution is -2.37. The molecule has 0 saturated carbocycles. The van der Waals surface area contributed by atoms with Crippen molar-refractivity contribution in [3.63, 3.8) is 0 Å². The zero-order chi connectivity index (χ0) is 7.28. The highest BCUT2D eigenvalue weighted by Gasteiger charge is 2.00. The highest BCUT2D eigenvalue weighted by atomic mass is 16.2. The van der Waals surface area contributed by atoms with Crippen molar-refractivity contribution in [2.45, 2.75) is 19.4 Å². The number of nitrogens with one attached hydrogen (secondary N) is 1. The molecule has 0 rings (SSSR count). The van der Waals surface area contributed by atoms with Gasteiger partial charge in [-0.3, -0.25) is 0 Å². The summed E-state index contributed by atoms with van der Waals surface area (Å²) in [5.74, 6) is 2.37. The van der Waals surface area contributed by atoms with Crippen LogP contribution in [-0.4, -0.2) is 12.1 Å². The monoisotopic (exact) mass is 126 g/mol. The van der Waals surface area contributed by atoms with Gasteiger partial charge in [0, 0.05) is 0 Å². The van der Waals surface area contributed by atoms with Crippen LogP contribution in [0, 0.1) is 12.3 Å². The topological polar surface area (TPSA) is 55.1 Å². The van der Waals surface area contributed by atoms with E-state index in [1.54, 1.807) is 0 Å². The van der Waals surface area contributed by atoms with Crippen LogP contribution in [0.25, 0.3) is 0 Å². The van der Waals surface area contributed by atoms with Gasteiger partial charge in [0.15, 0.2) is 0 Å². The summed E-state index contributed by atoms with van der Waals surface area (Å²) in [6, 6.07) is -0.790. The summed E-state index contributed by atoms with van der Waals surface area (Å²) in [5, 5.41) is 2.38. The van der Waals surface area contributed by atoms with Crippen molar-refractivity contribution in [2.75, 3.05) is 0 Å². The molecule has 0 spiro atoms. The van der Waals surface area contributed by atoms with Crippen molar-refractivity contribution >= 4 is 6.03 Å². The second-order valence-corrected chi connectivity index (χ2v) is 1.64. The maximum atomic E-state index is 10.1. The van der Waals surface area contributed by atoms with Gasteiger partial charge in [-0.1, -0.05) is 12.8 Å². The first-order chi connectivity index (χ1) is 4.20. The highest BCUT2D eigenvalue weighted by Crippen LogP contribution is 1.85. The molecule has 0 aliphatic rings. The molecule has 0 aromatic heterocycles. The quantitative estimate of drug-likeness (QED) is 0.505. The van der Waals surface area contributed by atoms with Crippen LogP contribution >= 0.6 is 0 Å². The van der Waals surface area contributed by atoms with Gasteiger partial charge in [-0.25, -0.2) is 4.79 Å². The molecular weight excluding hydrogens is 116 g/mol. The standard InChI is InChI=1S/C6H10N2O/c1-3-5(4-2)8-6(7)9/h1,5H,4H2,2H3,(H3,7,8,9). The molecule has 0 aromatic rings. The van der Waals surface area contributed by atoms with E-state index in [1.165, 1.54) is 0 Å². The van der Waals surface area contributed by atoms with Crippen molar-refractivity contribution < 1.29 is 4.79 Å². The van der Waals surface area contributed by atoms with E-state index in [1.807, 2.05) is 6.92 Å². The summed E-state index contributed by atoms with van der Waals surface area (Å²) in [5.41, 5.74) is 4.80. The fourth-order valence-electron chi connectivity index (χ4n) is 0.433. The molecule has 0 saturated heterocycles. The van der Waals surface area contributed by atoms with Crippen LogP contribution < -0.4 is 11.1 Å². The molecule has 50 valence electrons. The first kappa shape index (κ1) is 7.83. The highest BCUT2D eigenvalue weighted by molar-refractivity contribution is 5.72. The van der Waals surface area contributed by atoms with Gasteiger partial charge in [-0.2, -0.15) is 0 Å². The van der Waals surface area contributed by atoms with Gasteiger partial charge in [0.2, 0.25) is 0 Å². The maximum Gasteiger partial charge on any atom is 0.313 e. The molecule has 1 atom stereocenters. The fraction of sp³-hybridized carbons (Fsp3) is 0.500. The van der Waals surface area contributed by atoms with Crippen molar-refractivity contribution in [1.29, 1.82) is 0 Å². The number of terminal acetylenes is 1. The van der Waals surface area contributed by atoms with Crippen LogP contribution in [0.4, 0.5) is 4.79 Å². The number of hydrogen-bond acceptors (Lipinski definition) is 1. The molecule has 0 fully saturated rings. The summed E-state index contributed by atoms with van der Waals surface area (Å²) < 4.78 is 0. The van der Waals surface area contributed by atoms with E-state index in [4.69, 9.17) is 12.2 Å². The number of rotatable bonds is 2. The first-order valence-corrected chi connectivity index (χ1v) is 2.72. The van der Waals surface area contributed by atoms with Crippen LogP contribution in [0.3, 0.4) is 0 Å². The van der Waals surface area contributed by atoms with Crippen molar-refractivity contribution in [3.8, 4) is 12.3 Å². The van der Waals surface area contributed by atoms with Gasteiger partial charge >= 0.3 is 6.03 Å². The zero-order valence-electron chi connectivity index (χ0n) is 5.35. The van der Waals surface area contributed by atoms with Crippen LogP contribution in [0.15, 0.2) is 0 Å². The maximum absolute atomic E-state index is 10.1. The van der Waals surface area contributed by atoms with Gasteiger partial charge in [0.25, 0.3) is 0 Å². The molecule has 3 N–H and O–H groups in total. The van der Waals surface area contributed by atoms with Gasteiger partial charge < -0.3 is 11.1 Å². The summed E-state index contributed by atoms with van der Waals surface area (Å²) in [4.78, 5) is 10.1. The zero-order valence-corrected chi connectivity index (χ0v) is 5.35. The summed E-state index contributed by atoms with van der Waals surface area (Å²) in [6.07, 6.45) is 5.72. The minimum Gasteiger partial charge on any atom is -0.352 e. The molecule has 0 aromatic carbocycles. The third kappa shape index (κ3) is 3.42. The Bertz CT molecular complexity index is 136. The van der Waals surface area contributed by atoms with E-state index in [9.17, 15) is 4.79 Å². The van der Waals surface area contributed by atoms with Gasteiger partial charge in [0.1, 0.15) is 0 Å². The van der Waals surface area contributed by atoms with E-state index < -0.39 is 6.03 Å². The second kappa shape index (κ2) is 3.79. The molecule has 0 bridgehead atoms. The molecule has 3 nitrogen and oxygen atoms in total. The van der Waals surface area contributed by atoms with Gasteiger partial charge in [-0.15, -0.1) is 6.42 Å². The minimum absolute atomic E-state index is 0.220. The predicted octanol–water partition coefficient (Wildman–Crippen LogP) is 0.0665. The van der Waals surface area contributed by atoms with E-state index >= 15 is 0 Å². The summed E-state index contributed by atoms with van der Waals surface area (Å²) in [6.45, 7) is 1.88. The Kier molecular flexibility index (Phi) is 3.29. The van der Waals surface area contributed by atoms with Gasteiger partial charge in [-0.05, 0) is 6.42 Å². The average molecular weight is 126 g/mol. The number of carbonyl (C=O) groups excluding carboxylic acids is 1. The lowest BCUT2D eigenvalue weighted by molar-refractivity contribution is 0.247. The van der Waals surface area contributed by atoms with E-state index in [0.717, 1.165) is 0 Å². The van der Waals surface area contributed by atoms with E-state index in [0.29, 0.717) is 6.42 Å². The molecule has 2 amide bonds. The Morgan fingerprint density at radius 3 is 2.67 bits per heavy atom. The number of amides is 2. The van der Waals surface area contributed by atoms with Crippen LogP contribution in [0.1, 0.15) is 13.3 Å². The van der Waals surface area contributed by atoms with Crippen molar-refractivity contribution in [2.24, 2.45) is 5.73 Å². The molecule has 0 heterocycles. The Morgan fingerprint density at radius 2 is 2.56 bits per heavy atom. The molecule has 0 aliphatic carbocycles. The molecule has 0 radical (unpaired) electrons. The largest absolute Gasteiger partial charge is 0.352 e. The predicted molar refractivity (Wildman–Crippen MR) is 35.6 cm³/mol. The van der Waals surface area contributed by atoms with Crippen LogP contribution in [0.5, 0.6) is 0 Å². The van der Waals surface area contributed by atoms with E-state index in [-0.39, 0.29) is 6.04 Å². The third-order valence-corrected chi connectivity index (χ3v) is 0.926. The number of urea groups is 1. The number of hydrogen-bond donors (Lipinski definition) is 2. The molecule has 1 unspecified atom stereocenters. The number of nitrogens with two attached hydrogens (primary N) is 1. The van der Waals surface area contributed by atoms with E-state index in [2.05, 4.69) is 11.2 Å². The Hall–Kier alpha value is -1.17. The van der Waals surface area contributed by atoms with Crippen molar-refractivity contribution in [3.05, 3.63) is 0 Å². The molecular formula is C6H10N2O. The molecule has 0 aliphatic heterocycles. The first-order valence-electron chi connectivity index (χ1n) is 2.72. The minimum atomic E-state index is -0.570. The normalized spacial score (nSPS) is 11.6. The third-order valence-electron chi connectivity index (χ3n) is 0.926. The average Bonchev–Trinajstić information content (AvgIpc) is 1.82. The SMILES string of the molecule is C#CC(CC)NC(N)=O. The Morgan fingerprint density at radius 1 is 2.00 bits per heavy atom. The van der Waals surface area contributed by atoms with Gasteiger partial charge in [0.05, 0.1) is 6.04 Å². The van der Waals surface area contributed by atoms with Crippen molar-refractivity contribution in [1.82, 2.24) is 5.32 Å². The second-order valence-electron chi connectivity index (χ2n) is 1.64.